The molecule has 3 heterocycles. The van der Waals surface area contributed by atoms with Crippen LogP contribution in [0.3, 0.4) is 0 Å². The molecular weight excluding hydrogens is 414 g/mol. The molecule has 2 bridgehead atoms. The van der Waals surface area contributed by atoms with Crippen LogP contribution in [0.1, 0.15) is 33.6 Å². The molecule has 2 fully saturated rings. The third kappa shape index (κ3) is 3.35. The number of piperazine rings is 1. The highest BCUT2D eigenvalue weighted by molar-refractivity contribution is 9.10. The van der Waals surface area contributed by atoms with Gasteiger partial charge in [0.15, 0.2) is 11.3 Å². The van der Waals surface area contributed by atoms with Crippen LogP contribution in [0.25, 0.3) is 11.1 Å². The number of methoxy groups -OCH3 is 1. The van der Waals surface area contributed by atoms with E-state index in [-0.39, 0.29) is 18.2 Å². The third-order valence-electron chi connectivity index (χ3n) is 5.02. The van der Waals surface area contributed by atoms with Crippen LogP contribution in [-0.2, 0) is 4.74 Å². The second-order valence-electron chi connectivity index (χ2n) is 8.10. The largest absolute Gasteiger partial charge is 0.493 e. The molecule has 2 atom stereocenters. The summed E-state index contributed by atoms with van der Waals surface area (Å²) in [5.41, 5.74) is 0.881. The van der Waals surface area contributed by atoms with E-state index in [0.717, 1.165) is 22.8 Å². The van der Waals surface area contributed by atoms with Gasteiger partial charge in [-0.25, -0.2) is 4.79 Å². The Hall–Kier alpha value is -1.96. The van der Waals surface area contributed by atoms with Crippen molar-refractivity contribution in [2.24, 2.45) is 0 Å². The molecule has 2 aliphatic rings. The predicted octanol–water partition coefficient (Wildman–Crippen LogP) is 4.19. The Labute approximate surface area is 166 Å². The summed E-state index contributed by atoms with van der Waals surface area (Å²) in [5, 5.41) is 0. The summed E-state index contributed by atoms with van der Waals surface area (Å²) >= 11 is 3.52. The average Bonchev–Trinajstić information content (AvgIpc) is 3.14. The van der Waals surface area contributed by atoms with Crippen molar-refractivity contribution in [1.29, 1.82) is 0 Å². The van der Waals surface area contributed by atoms with Crippen LogP contribution in [0.2, 0.25) is 0 Å². The van der Waals surface area contributed by atoms with Crippen LogP contribution in [0, 0.1) is 0 Å². The summed E-state index contributed by atoms with van der Waals surface area (Å²) in [5.74, 6) is 0.655. The number of halogens is 1. The fraction of sp³-hybridized carbons (Fsp3) is 0.579. The maximum atomic E-state index is 12.6. The number of aromatic nitrogens is 1. The van der Waals surface area contributed by atoms with Crippen molar-refractivity contribution in [2.75, 3.05) is 25.1 Å². The van der Waals surface area contributed by atoms with Gasteiger partial charge in [-0.3, -0.25) is 4.90 Å². The van der Waals surface area contributed by atoms with Gasteiger partial charge in [-0.2, -0.15) is 4.98 Å². The van der Waals surface area contributed by atoms with Crippen molar-refractivity contribution in [3.05, 3.63) is 16.6 Å². The monoisotopic (exact) mass is 437 g/mol. The molecule has 7 nitrogen and oxygen atoms in total. The summed E-state index contributed by atoms with van der Waals surface area (Å²) in [6, 6.07) is 4.54. The van der Waals surface area contributed by atoms with E-state index < -0.39 is 5.60 Å². The van der Waals surface area contributed by atoms with Crippen LogP contribution in [0.15, 0.2) is 21.0 Å². The van der Waals surface area contributed by atoms with E-state index in [1.165, 1.54) is 0 Å². The van der Waals surface area contributed by atoms with Crippen molar-refractivity contribution in [3.8, 4) is 5.75 Å². The molecule has 2 saturated heterocycles. The van der Waals surface area contributed by atoms with Crippen LogP contribution in [0.5, 0.6) is 5.75 Å². The average molecular weight is 438 g/mol. The van der Waals surface area contributed by atoms with Crippen molar-refractivity contribution in [1.82, 2.24) is 9.88 Å². The summed E-state index contributed by atoms with van der Waals surface area (Å²) in [6.07, 6.45) is 1.71. The minimum atomic E-state index is -0.489. The number of ether oxygens (including phenoxy) is 2. The maximum absolute atomic E-state index is 12.6. The molecular formula is C19H24BrN3O4. The van der Waals surface area contributed by atoms with E-state index in [2.05, 4.69) is 25.8 Å². The zero-order valence-electron chi connectivity index (χ0n) is 16.0. The van der Waals surface area contributed by atoms with Crippen LogP contribution >= 0.6 is 15.9 Å². The van der Waals surface area contributed by atoms with E-state index in [9.17, 15) is 4.79 Å². The number of carbonyl (C=O) groups is 1. The molecule has 146 valence electrons. The zero-order valence-corrected chi connectivity index (χ0v) is 17.6. The molecule has 0 radical (unpaired) electrons. The third-order valence-corrected chi connectivity index (χ3v) is 5.66. The number of benzene rings is 1. The van der Waals surface area contributed by atoms with Crippen LogP contribution in [0.4, 0.5) is 10.8 Å². The number of oxazole rings is 1. The Balaban J connectivity index is 1.58. The normalized spacial score (nSPS) is 22.4. The van der Waals surface area contributed by atoms with Gasteiger partial charge < -0.3 is 18.8 Å². The summed E-state index contributed by atoms with van der Waals surface area (Å²) in [6.45, 7) is 7.05. The van der Waals surface area contributed by atoms with Gasteiger partial charge in [-0.05, 0) is 61.7 Å². The van der Waals surface area contributed by atoms with E-state index in [1.807, 2.05) is 37.8 Å². The smallest absolute Gasteiger partial charge is 0.410 e. The van der Waals surface area contributed by atoms with Crippen molar-refractivity contribution >= 4 is 39.1 Å². The first-order valence-corrected chi connectivity index (χ1v) is 9.95. The molecule has 0 aliphatic carbocycles. The lowest BCUT2D eigenvalue weighted by molar-refractivity contribution is 0.0120. The van der Waals surface area contributed by atoms with E-state index >= 15 is 0 Å². The van der Waals surface area contributed by atoms with Gasteiger partial charge >= 0.3 is 6.09 Å². The molecule has 0 saturated carbocycles. The van der Waals surface area contributed by atoms with Crippen LogP contribution in [-0.4, -0.2) is 53.9 Å². The number of carbonyl (C=O) groups excluding carboxylic acids is 1. The molecule has 4 rings (SSSR count). The predicted molar refractivity (Wildman–Crippen MR) is 105 cm³/mol. The van der Waals surface area contributed by atoms with Gasteiger partial charge in [0.2, 0.25) is 0 Å². The Kier molecular flexibility index (Phi) is 4.49. The molecule has 0 spiro atoms. The van der Waals surface area contributed by atoms with Gasteiger partial charge in [0, 0.05) is 17.6 Å². The van der Waals surface area contributed by atoms with Gasteiger partial charge in [0.25, 0.3) is 6.01 Å². The number of rotatable bonds is 2. The highest BCUT2D eigenvalue weighted by Crippen LogP contribution is 2.38. The molecule has 2 aromatic rings. The van der Waals surface area contributed by atoms with Gasteiger partial charge in [-0.1, -0.05) is 0 Å². The number of hydrogen-bond donors (Lipinski definition) is 0. The minimum absolute atomic E-state index is 0.110. The summed E-state index contributed by atoms with van der Waals surface area (Å²) < 4.78 is 17.9. The number of anilines is 1. The Morgan fingerprint density at radius 2 is 1.93 bits per heavy atom. The number of amides is 1. The van der Waals surface area contributed by atoms with E-state index in [0.29, 0.717) is 30.4 Å². The molecule has 0 N–H and O–H groups in total. The molecule has 2 aliphatic heterocycles. The lowest BCUT2D eigenvalue weighted by atomic mass is 10.2. The second-order valence-corrected chi connectivity index (χ2v) is 8.96. The Bertz CT molecular complexity index is 862. The van der Waals surface area contributed by atoms with Gasteiger partial charge in [-0.15, -0.1) is 0 Å². The lowest BCUT2D eigenvalue weighted by Gasteiger charge is -2.40. The quantitative estimate of drug-likeness (QED) is 0.701. The number of nitrogens with zero attached hydrogens (tertiary/aromatic N) is 3. The molecule has 1 aromatic heterocycles. The van der Waals surface area contributed by atoms with Crippen molar-refractivity contribution in [3.63, 3.8) is 0 Å². The highest BCUT2D eigenvalue weighted by atomic mass is 79.9. The molecule has 2 unspecified atom stereocenters. The summed E-state index contributed by atoms with van der Waals surface area (Å²) in [7, 11) is 1.62. The molecule has 1 aromatic carbocycles. The van der Waals surface area contributed by atoms with Crippen LogP contribution < -0.4 is 9.64 Å². The van der Waals surface area contributed by atoms with E-state index in [1.54, 1.807) is 7.11 Å². The Morgan fingerprint density at radius 1 is 1.26 bits per heavy atom. The standard InChI is InChI=1S/C19H24BrN3O4/c1-19(2,3)27-18(24)23-11-5-6-12(23)10-22(9-11)17-21-15-13(20)7-8-14(25-4)16(15)26-17/h7-8,11-12H,5-6,9-10H2,1-4H3. The topological polar surface area (TPSA) is 68.0 Å². The Morgan fingerprint density at radius 3 is 2.52 bits per heavy atom. The first kappa shape index (κ1) is 18.4. The fourth-order valence-corrected chi connectivity index (χ4v) is 4.31. The first-order valence-electron chi connectivity index (χ1n) is 9.16. The first-order chi connectivity index (χ1) is 12.8. The SMILES string of the molecule is COc1ccc(Br)c2nc(N3CC4CCC(C3)N4C(=O)OC(C)(C)C)oc12. The number of fused-ring (bicyclic) bond motifs is 3. The lowest BCUT2D eigenvalue weighted by Crippen LogP contribution is -2.56. The van der Waals surface area contributed by atoms with Gasteiger partial charge in [0.05, 0.1) is 19.2 Å². The van der Waals surface area contributed by atoms with Crippen molar-refractivity contribution < 1.29 is 18.7 Å². The number of hydrogen-bond acceptors (Lipinski definition) is 6. The fourth-order valence-electron chi connectivity index (χ4n) is 3.91. The van der Waals surface area contributed by atoms with E-state index in [4.69, 9.17) is 13.9 Å². The van der Waals surface area contributed by atoms with Crippen molar-refractivity contribution in [2.45, 2.75) is 51.3 Å². The summed E-state index contributed by atoms with van der Waals surface area (Å²) in [4.78, 5) is 21.3. The maximum Gasteiger partial charge on any atom is 0.410 e. The molecule has 8 heteroatoms. The molecule has 27 heavy (non-hydrogen) atoms. The highest BCUT2D eigenvalue weighted by Gasteiger charge is 2.45. The second kappa shape index (κ2) is 6.58. The molecule has 1 amide bonds. The van der Waals surface area contributed by atoms with Gasteiger partial charge in [0.1, 0.15) is 11.1 Å². The minimum Gasteiger partial charge on any atom is -0.493 e. The zero-order chi connectivity index (χ0) is 19.3.